The van der Waals surface area contributed by atoms with Gasteiger partial charge >= 0.3 is 0 Å². The van der Waals surface area contributed by atoms with Crippen LogP contribution in [0.5, 0.6) is 0 Å². The van der Waals surface area contributed by atoms with Crippen LogP contribution in [0.15, 0.2) is 91.0 Å². The van der Waals surface area contributed by atoms with E-state index >= 15 is 0 Å². The number of rotatable bonds is 8. The Morgan fingerprint density at radius 2 is 1.61 bits per heavy atom. The van der Waals surface area contributed by atoms with Gasteiger partial charge in [0.15, 0.2) is 5.78 Å². The fraction of sp³-hybridized carbons (Fsp3) is 0.115. The fourth-order valence-corrected chi connectivity index (χ4v) is 3.34. The first-order chi connectivity index (χ1) is 14.4. The van der Waals surface area contributed by atoms with Crippen LogP contribution in [0, 0.1) is 5.82 Å². The zero-order valence-corrected chi connectivity index (χ0v) is 18.8. The minimum Gasteiger partial charge on any atom is -0.298 e. The van der Waals surface area contributed by atoms with Crippen LogP contribution in [-0.4, -0.2) is 24.3 Å². The molecule has 0 amide bonds. The molecule has 3 aromatic carbocycles. The summed E-state index contributed by atoms with van der Waals surface area (Å²) in [4.78, 5) is 15.3. The first kappa shape index (κ1) is 24.5. The van der Waals surface area contributed by atoms with E-state index in [2.05, 4.69) is 6.58 Å². The Kier molecular flexibility index (Phi) is 9.20. The molecule has 0 unspecified atom stereocenters. The highest BCUT2D eigenvalue weighted by molar-refractivity contribution is 6.32. The molecule has 0 aromatic heterocycles. The average Bonchev–Trinajstić information content (AvgIpc) is 2.74. The molecule has 0 saturated carbocycles. The molecule has 0 heterocycles. The number of halogens is 3. The van der Waals surface area contributed by atoms with Gasteiger partial charge in [-0.1, -0.05) is 78.8 Å². The highest BCUT2D eigenvalue weighted by Crippen LogP contribution is 2.25. The molecule has 31 heavy (non-hydrogen) atoms. The zero-order valence-electron chi connectivity index (χ0n) is 17.2. The summed E-state index contributed by atoms with van der Waals surface area (Å²) in [6.07, 6.45) is 1.68. The molecule has 3 rings (SSSR count). The molecule has 0 spiro atoms. The predicted molar refractivity (Wildman–Crippen MR) is 130 cm³/mol. The highest BCUT2D eigenvalue weighted by atomic mass is 35.5. The number of hydrogen-bond acceptors (Lipinski definition) is 2. The molecular formula is C26H24Cl2FNO. The standard InChI is InChI=1S/C26H23ClFNO.ClH/c1-19(17-29(2)18-21-8-4-3-5-9-21)26(30)24(23-10-6-7-11-25(23)28)16-20-12-14-22(27)15-13-20;/h3-16H,1,17-18H2,2H3;1H/b24-16+;. The van der Waals surface area contributed by atoms with Crippen molar-refractivity contribution in [3.63, 3.8) is 0 Å². The summed E-state index contributed by atoms with van der Waals surface area (Å²) >= 11 is 5.96. The molecule has 0 atom stereocenters. The van der Waals surface area contributed by atoms with Gasteiger partial charge in [0.25, 0.3) is 0 Å². The van der Waals surface area contributed by atoms with E-state index in [-0.39, 0.29) is 29.3 Å². The third-order valence-electron chi connectivity index (χ3n) is 4.67. The lowest BCUT2D eigenvalue weighted by molar-refractivity contribution is -0.110. The lowest BCUT2D eigenvalue weighted by Crippen LogP contribution is -2.24. The Balaban J connectivity index is 0.00000341. The molecule has 0 aliphatic rings. The molecule has 5 heteroatoms. The van der Waals surface area contributed by atoms with E-state index in [0.29, 0.717) is 23.7 Å². The monoisotopic (exact) mass is 455 g/mol. The van der Waals surface area contributed by atoms with Gasteiger partial charge in [0.2, 0.25) is 0 Å². The Morgan fingerprint density at radius 1 is 1.00 bits per heavy atom. The number of ketones is 1. The van der Waals surface area contributed by atoms with Crippen molar-refractivity contribution in [1.29, 1.82) is 0 Å². The average molecular weight is 456 g/mol. The molecule has 0 saturated heterocycles. The third-order valence-corrected chi connectivity index (χ3v) is 4.92. The minimum atomic E-state index is -0.448. The summed E-state index contributed by atoms with van der Waals surface area (Å²) in [6, 6.07) is 23.3. The number of carbonyl (C=O) groups excluding carboxylic acids is 1. The van der Waals surface area contributed by atoms with Crippen molar-refractivity contribution in [1.82, 2.24) is 4.90 Å². The van der Waals surface area contributed by atoms with E-state index in [9.17, 15) is 9.18 Å². The molecule has 0 aliphatic carbocycles. The van der Waals surface area contributed by atoms with E-state index in [1.807, 2.05) is 42.3 Å². The van der Waals surface area contributed by atoms with Gasteiger partial charge in [-0.2, -0.15) is 0 Å². The second-order valence-corrected chi connectivity index (χ2v) is 7.62. The molecule has 0 bridgehead atoms. The summed E-state index contributed by atoms with van der Waals surface area (Å²) in [5.41, 5.74) is 2.83. The van der Waals surface area contributed by atoms with Crippen LogP contribution in [0.4, 0.5) is 4.39 Å². The van der Waals surface area contributed by atoms with Gasteiger partial charge in [0, 0.05) is 34.8 Å². The van der Waals surface area contributed by atoms with Crippen LogP contribution >= 0.6 is 24.0 Å². The molecule has 0 fully saturated rings. The number of likely N-dealkylation sites (N-methyl/N-ethyl adjacent to an activating group) is 1. The predicted octanol–water partition coefficient (Wildman–Crippen LogP) is 6.70. The Bertz CT molecular complexity index is 1060. The maximum Gasteiger partial charge on any atom is 0.190 e. The SMILES string of the molecule is C=C(CN(C)Cc1ccccc1)C(=O)/C(=C/c1ccc(Cl)cc1)c1ccccc1F.Cl. The van der Waals surface area contributed by atoms with E-state index < -0.39 is 5.82 Å². The van der Waals surface area contributed by atoms with Crippen LogP contribution in [0.1, 0.15) is 16.7 Å². The van der Waals surface area contributed by atoms with Crippen LogP contribution in [-0.2, 0) is 11.3 Å². The summed E-state index contributed by atoms with van der Waals surface area (Å²) < 4.78 is 14.5. The summed E-state index contributed by atoms with van der Waals surface area (Å²) in [6.45, 7) is 5.05. The van der Waals surface area contributed by atoms with Gasteiger partial charge in [-0.25, -0.2) is 4.39 Å². The number of allylic oxidation sites excluding steroid dienone is 1. The number of carbonyl (C=O) groups is 1. The smallest absolute Gasteiger partial charge is 0.190 e. The van der Waals surface area contributed by atoms with Crippen LogP contribution < -0.4 is 0 Å². The first-order valence-corrected chi connectivity index (χ1v) is 9.99. The van der Waals surface area contributed by atoms with Crippen molar-refractivity contribution in [2.75, 3.05) is 13.6 Å². The Hall–Kier alpha value is -2.72. The van der Waals surface area contributed by atoms with Crippen molar-refractivity contribution in [3.8, 4) is 0 Å². The second-order valence-electron chi connectivity index (χ2n) is 7.18. The molecule has 2 nitrogen and oxygen atoms in total. The maximum atomic E-state index is 14.5. The number of nitrogens with zero attached hydrogens (tertiary/aromatic N) is 1. The van der Waals surface area contributed by atoms with Gasteiger partial charge in [-0.15, -0.1) is 12.4 Å². The second kappa shape index (κ2) is 11.6. The molecule has 160 valence electrons. The zero-order chi connectivity index (χ0) is 21.5. The van der Waals surface area contributed by atoms with E-state index in [0.717, 1.165) is 11.1 Å². The first-order valence-electron chi connectivity index (χ1n) is 9.61. The Morgan fingerprint density at radius 3 is 2.26 bits per heavy atom. The minimum absolute atomic E-state index is 0. The topological polar surface area (TPSA) is 20.3 Å². The number of benzene rings is 3. The van der Waals surface area contributed by atoms with Crippen LogP contribution in [0.2, 0.25) is 5.02 Å². The van der Waals surface area contributed by atoms with E-state index in [1.165, 1.54) is 6.07 Å². The van der Waals surface area contributed by atoms with E-state index in [4.69, 9.17) is 11.6 Å². The van der Waals surface area contributed by atoms with Gasteiger partial charge in [-0.3, -0.25) is 9.69 Å². The third kappa shape index (κ3) is 6.90. The molecule has 0 N–H and O–H groups in total. The summed E-state index contributed by atoms with van der Waals surface area (Å²) in [5, 5.41) is 0.595. The van der Waals surface area contributed by atoms with Crippen molar-refractivity contribution in [2.45, 2.75) is 6.54 Å². The van der Waals surface area contributed by atoms with Crippen molar-refractivity contribution in [2.24, 2.45) is 0 Å². The number of Topliss-reactive ketones (excluding diaryl/α,β-unsaturated/α-hetero) is 1. The van der Waals surface area contributed by atoms with Crippen LogP contribution in [0.3, 0.4) is 0 Å². The van der Waals surface area contributed by atoms with Crippen molar-refractivity contribution >= 4 is 41.4 Å². The molecule has 0 radical (unpaired) electrons. The fourth-order valence-electron chi connectivity index (χ4n) is 3.21. The Labute approximate surface area is 194 Å². The molecule has 3 aromatic rings. The largest absolute Gasteiger partial charge is 0.298 e. The van der Waals surface area contributed by atoms with Crippen molar-refractivity contribution < 1.29 is 9.18 Å². The normalized spacial score (nSPS) is 11.2. The van der Waals surface area contributed by atoms with Crippen molar-refractivity contribution in [3.05, 3.63) is 119 Å². The van der Waals surface area contributed by atoms with Crippen LogP contribution in [0.25, 0.3) is 11.6 Å². The van der Waals surface area contributed by atoms with Gasteiger partial charge in [0.05, 0.1) is 0 Å². The molecule has 0 aliphatic heterocycles. The van der Waals surface area contributed by atoms with E-state index in [1.54, 1.807) is 48.5 Å². The molecular weight excluding hydrogens is 432 g/mol. The lowest BCUT2D eigenvalue weighted by Gasteiger charge is -2.19. The lowest BCUT2D eigenvalue weighted by atomic mass is 9.94. The quantitative estimate of drug-likeness (QED) is 0.278. The highest BCUT2D eigenvalue weighted by Gasteiger charge is 2.19. The number of hydrogen-bond donors (Lipinski definition) is 0. The van der Waals surface area contributed by atoms with Gasteiger partial charge in [0.1, 0.15) is 5.82 Å². The van der Waals surface area contributed by atoms with Gasteiger partial charge in [-0.05, 0) is 42.4 Å². The summed E-state index contributed by atoms with van der Waals surface area (Å²) in [7, 11) is 1.93. The maximum absolute atomic E-state index is 14.5. The summed E-state index contributed by atoms with van der Waals surface area (Å²) in [5.74, 6) is -0.730. The van der Waals surface area contributed by atoms with Gasteiger partial charge < -0.3 is 0 Å².